The van der Waals surface area contributed by atoms with Gasteiger partial charge >= 0.3 is 0 Å². The molecule has 1 heterocycles. The van der Waals surface area contributed by atoms with Crippen LogP contribution in [0.15, 0.2) is 24.3 Å². The molecule has 2 heteroatoms. The van der Waals surface area contributed by atoms with Crippen LogP contribution >= 0.6 is 0 Å². The average molecular weight is 275 g/mol. The van der Waals surface area contributed by atoms with Crippen LogP contribution in [-0.2, 0) is 15.9 Å². The summed E-state index contributed by atoms with van der Waals surface area (Å²) in [5.74, 6) is 0.560. The average Bonchev–Trinajstić information content (AvgIpc) is 2.56. The second-order valence-electron chi connectivity index (χ2n) is 7.15. The molecule has 0 saturated carbocycles. The van der Waals surface area contributed by atoms with Crippen molar-refractivity contribution in [2.75, 3.05) is 0 Å². The maximum atomic E-state index is 6.41. The van der Waals surface area contributed by atoms with E-state index in [1.807, 2.05) is 0 Å². The number of hydrogen-bond acceptors (Lipinski definition) is 2. The van der Waals surface area contributed by atoms with E-state index in [0.29, 0.717) is 5.92 Å². The molecule has 0 N–H and O–H groups in total. The summed E-state index contributed by atoms with van der Waals surface area (Å²) in [4.78, 5) is 6.41. The van der Waals surface area contributed by atoms with E-state index in [9.17, 15) is 0 Å². The molecule has 2 unspecified atom stereocenters. The number of fused-ring (bicyclic) bond motifs is 1. The molecule has 0 aromatic heterocycles. The Kier molecular flexibility index (Phi) is 4.01. The van der Waals surface area contributed by atoms with Crippen molar-refractivity contribution < 1.29 is 4.84 Å². The predicted octanol–water partition coefficient (Wildman–Crippen LogP) is 4.84. The van der Waals surface area contributed by atoms with Crippen LogP contribution in [-0.4, -0.2) is 11.2 Å². The van der Waals surface area contributed by atoms with Crippen molar-refractivity contribution in [2.24, 2.45) is 5.92 Å². The van der Waals surface area contributed by atoms with Crippen molar-refractivity contribution in [3.05, 3.63) is 35.4 Å². The van der Waals surface area contributed by atoms with E-state index in [0.717, 1.165) is 6.42 Å². The summed E-state index contributed by atoms with van der Waals surface area (Å²) in [7, 11) is 0. The van der Waals surface area contributed by atoms with Gasteiger partial charge in [-0.05, 0) is 51.7 Å². The van der Waals surface area contributed by atoms with Crippen LogP contribution in [0.25, 0.3) is 0 Å². The molecule has 1 aliphatic rings. The Morgan fingerprint density at radius 3 is 1.85 bits per heavy atom. The predicted molar refractivity (Wildman–Crippen MR) is 84.3 cm³/mol. The Hall–Kier alpha value is -0.860. The second-order valence-corrected chi connectivity index (χ2v) is 7.15. The van der Waals surface area contributed by atoms with E-state index in [1.54, 1.807) is 0 Å². The minimum atomic E-state index is -0.0954. The van der Waals surface area contributed by atoms with Crippen LogP contribution in [0.5, 0.6) is 0 Å². The first kappa shape index (κ1) is 15.5. The molecule has 2 rings (SSSR count). The molecule has 0 radical (unpaired) electrons. The molecule has 0 bridgehead atoms. The van der Waals surface area contributed by atoms with Gasteiger partial charge in [0.2, 0.25) is 0 Å². The van der Waals surface area contributed by atoms with Gasteiger partial charge in [0.15, 0.2) is 0 Å². The van der Waals surface area contributed by atoms with Crippen LogP contribution in [0, 0.1) is 5.92 Å². The highest BCUT2D eigenvalue weighted by atomic mass is 16.7. The molecular weight excluding hydrogens is 246 g/mol. The van der Waals surface area contributed by atoms with E-state index in [1.165, 1.54) is 11.1 Å². The lowest BCUT2D eigenvalue weighted by molar-refractivity contribution is -0.292. The van der Waals surface area contributed by atoms with Crippen molar-refractivity contribution in [3.8, 4) is 0 Å². The monoisotopic (exact) mass is 275 g/mol. The fraction of sp³-hybridized carbons (Fsp3) is 0.667. The quantitative estimate of drug-likeness (QED) is 0.779. The number of hydrogen-bond donors (Lipinski definition) is 0. The van der Waals surface area contributed by atoms with E-state index < -0.39 is 0 Å². The number of benzene rings is 1. The third-order valence-electron chi connectivity index (χ3n) is 4.98. The summed E-state index contributed by atoms with van der Waals surface area (Å²) in [6.07, 6.45) is 1.37. The van der Waals surface area contributed by atoms with Gasteiger partial charge in [-0.15, -0.1) is 0 Å². The summed E-state index contributed by atoms with van der Waals surface area (Å²) in [5.41, 5.74) is 2.56. The maximum Gasteiger partial charge on any atom is 0.0791 e. The fourth-order valence-corrected chi connectivity index (χ4v) is 3.33. The van der Waals surface area contributed by atoms with Crippen molar-refractivity contribution in [1.29, 1.82) is 0 Å². The fourth-order valence-electron chi connectivity index (χ4n) is 3.33. The first-order valence-corrected chi connectivity index (χ1v) is 7.80. The molecule has 1 aromatic rings. The Morgan fingerprint density at radius 1 is 1.00 bits per heavy atom. The van der Waals surface area contributed by atoms with Gasteiger partial charge < -0.3 is 0 Å². The molecule has 0 saturated heterocycles. The minimum Gasteiger partial charge on any atom is -0.294 e. The van der Waals surface area contributed by atoms with E-state index in [4.69, 9.17) is 4.84 Å². The van der Waals surface area contributed by atoms with Crippen LogP contribution in [0.4, 0.5) is 0 Å². The van der Waals surface area contributed by atoms with Gasteiger partial charge in [0.1, 0.15) is 0 Å². The third kappa shape index (κ3) is 2.29. The van der Waals surface area contributed by atoms with Crippen LogP contribution in [0.2, 0.25) is 0 Å². The van der Waals surface area contributed by atoms with Crippen molar-refractivity contribution in [1.82, 2.24) is 5.06 Å². The summed E-state index contributed by atoms with van der Waals surface area (Å²) in [5, 5.41) is 2.21. The van der Waals surface area contributed by atoms with Gasteiger partial charge in [-0.1, -0.05) is 44.5 Å². The highest BCUT2D eigenvalue weighted by Crippen LogP contribution is 2.49. The zero-order valence-electron chi connectivity index (χ0n) is 14.0. The van der Waals surface area contributed by atoms with Gasteiger partial charge in [0, 0.05) is 0 Å². The number of rotatable bonds is 4. The summed E-state index contributed by atoms with van der Waals surface area (Å²) in [6, 6.07) is 8.71. The zero-order valence-corrected chi connectivity index (χ0v) is 14.0. The lowest BCUT2D eigenvalue weighted by Gasteiger charge is -2.42. The molecule has 0 amide bonds. The number of hydroxylamine groups is 2. The van der Waals surface area contributed by atoms with Gasteiger partial charge in [-0.2, -0.15) is 5.06 Å². The van der Waals surface area contributed by atoms with Gasteiger partial charge in [0.25, 0.3) is 0 Å². The summed E-state index contributed by atoms with van der Waals surface area (Å²) < 4.78 is 0. The Labute approximate surface area is 124 Å². The zero-order chi connectivity index (χ0) is 15.1. The number of nitrogens with zero attached hydrogens (tertiary/aromatic N) is 1. The lowest BCUT2D eigenvalue weighted by Crippen LogP contribution is -2.47. The first-order valence-electron chi connectivity index (χ1n) is 7.80. The lowest BCUT2D eigenvalue weighted by atomic mass is 9.91. The van der Waals surface area contributed by atoms with Gasteiger partial charge in [-0.3, -0.25) is 4.84 Å². The van der Waals surface area contributed by atoms with E-state index in [-0.39, 0.29) is 17.2 Å². The molecule has 2 nitrogen and oxygen atoms in total. The van der Waals surface area contributed by atoms with Gasteiger partial charge in [0.05, 0.1) is 17.2 Å². The van der Waals surface area contributed by atoms with E-state index in [2.05, 4.69) is 77.8 Å². The van der Waals surface area contributed by atoms with Crippen molar-refractivity contribution >= 4 is 0 Å². The highest BCUT2D eigenvalue weighted by Gasteiger charge is 2.50. The molecule has 0 aliphatic carbocycles. The van der Waals surface area contributed by atoms with Gasteiger partial charge in [-0.25, -0.2) is 0 Å². The molecule has 2 atom stereocenters. The van der Waals surface area contributed by atoms with Crippen molar-refractivity contribution in [2.45, 2.75) is 72.1 Å². The smallest absolute Gasteiger partial charge is 0.0791 e. The second kappa shape index (κ2) is 5.16. The molecule has 0 spiro atoms. The minimum absolute atomic E-state index is 0.0954. The third-order valence-corrected chi connectivity index (χ3v) is 4.98. The van der Waals surface area contributed by atoms with E-state index >= 15 is 0 Å². The Bertz CT molecular complexity index is 443. The topological polar surface area (TPSA) is 12.5 Å². The molecular formula is C18H29NO. The molecule has 20 heavy (non-hydrogen) atoms. The van der Waals surface area contributed by atoms with Crippen LogP contribution in [0.1, 0.15) is 66.0 Å². The summed E-state index contributed by atoms with van der Waals surface area (Å²) in [6.45, 7) is 15.7. The summed E-state index contributed by atoms with van der Waals surface area (Å²) >= 11 is 0. The van der Waals surface area contributed by atoms with Crippen molar-refractivity contribution in [3.63, 3.8) is 0 Å². The largest absolute Gasteiger partial charge is 0.294 e. The van der Waals surface area contributed by atoms with Crippen LogP contribution < -0.4 is 0 Å². The molecule has 112 valence electrons. The van der Waals surface area contributed by atoms with Crippen LogP contribution in [0.3, 0.4) is 0 Å². The first-order chi connectivity index (χ1) is 9.22. The highest BCUT2D eigenvalue weighted by molar-refractivity contribution is 5.42. The normalized spacial score (nSPS) is 23.4. The Morgan fingerprint density at radius 2 is 1.45 bits per heavy atom. The molecule has 1 aliphatic heterocycles. The Balaban J connectivity index is 2.36. The molecule has 1 aromatic carbocycles. The standard InChI is InChI=1S/C18H29NO/c1-8-13(2)14(3)20-19-17(4,5)15-11-9-10-12-16(15)18(19,6)7/h9-14H,8H2,1-7H3. The maximum absolute atomic E-state index is 6.41. The SMILES string of the molecule is CCC(C)C(C)ON1C(C)(C)c2ccccc2C1(C)C. The molecule has 0 fully saturated rings.